The summed E-state index contributed by atoms with van der Waals surface area (Å²) in [6.45, 7) is 2.98. The molecule has 0 aliphatic heterocycles. The van der Waals surface area contributed by atoms with Gasteiger partial charge in [0.15, 0.2) is 0 Å². The van der Waals surface area contributed by atoms with Crippen LogP contribution in [0, 0.1) is 23.6 Å². The average molecular weight is 277 g/mol. The van der Waals surface area contributed by atoms with Crippen molar-refractivity contribution in [2.24, 2.45) is 17.8 Å². The molecule has 2 bridgehead atoms. The van der Waals surface area contributed by atoms with Crippen LogP contribution in [0.15, 0.2) is 18.2 Å². The fourth-order valence-electron chi connectivity index (χ4n) is 4.30. The molecule has 4 atom stereocenters. The fraction of sp³-hybridized carbons (Fsp3) is 0.647. The summed E-state index contributed by atoms with van der Waals surface area (Å²) in [5, 5.41) is 3.52. The standard InChI is InChI=1S/C17H24FNO/c1-3-19-17(15-9-11-4-5-12(15)8-11)14-7-6-13(20-2)10-16(14)18/h6-7,10-12,15,17,19H,3-5,8-9H2,1-2H3. The molecule has 2 nitrogen and oxygen atoms in total. The van der Waals surface area contributed by atoms with Crippen molar-refractivity contribution in [2.45, 2.75) is 38.6 Å². The van der Waals surface area contributed by atoms with E-state index < -0.39 is 0 Å². The zero-order chi connectivity index (χ0) is 14.1. The summed E-state index contributed by atoms with van der Waals surface area (Å²) in [7, 11) is 1.58. The zero-order valence-electron chi connectivity index (χ0n) is 12.4. The van der Waals surface area contributed by atoms with E-state index in [0.717, 1.165) is 23.9 Å². The number of methoxy groups -OCH3 is 1. The van der Waals surface area contributed by atoms with Gasteiger partial charge in [-0.1, -0.05) is 19.4 Å². The summed E-state index contributed by atoms with van der Waals surface area (Å²) in [6, 6.07) is 5.43. The first kappa shape index (κ1) is 13.9. The first-order valence-electron chi connectivity index (χ1n) is 7.79. The first-order valence-corrected chi connectivity index (χ1v) is 7.79. The molecule has 1 N–H and O–H groups in total. The Bertz CT molecular complexity index is 476. The minimum absolute atomic E-state index is 0.141. The number of hydrogen-bond acceptors (Lipinski definition) is 2. The zero-order valence-corrected chi connectivity index (χ0v) is 12.4. The van der Waals surface area contributed by atoms with E-state index in [1.807, 2.05) is 12.1 Å². The second-order valence-electron chi connectivity index (χ2n) is 6.26. The Balaban J connectivity index is 1.86. The molecule has 1 aromatic carbocycles. The van der Waals surface area contributed by atoms with Gasteiger partial charge in [0.05, 0.1) is 7.11 Å². The molecule has 2 saturated carbocycles. The Hall–Kier alpha value is -1.09. The minimum Gasteiger partial charge on any atom is -0.497 e. The molecule has 0 aromatic heterocycles. The lowest BCUT2D eigenvalue weighted by Gasteiger charge is -2.31. The molecule has 0 spiro atoms. The van der Waals surface area contributed by atoms with Gasteiger partial charge in [-0.25, -0.2) is 4.39 Å². The van der Waals surface area contributed by atoms with Gasteiger partial charge in [-0.15, -0.1) is 0 Å². The van der Waals surface area contributed by atoms with E-state index in [1.54, 1.807) is 7.11 Å². The molecular weight excluding hydrogens is 253 g/mol. The summed E-state index contributed by atoms with van der Waals surface area (Å²) in [5.41, 5.74) is 0.810. The molecule has 1 aromatic rings. The Labute approximate surface area is 120 Å². The van der Waals surface area contributed by atoms with Crippen LogP contribution >= 0.6 is 0 Å². The Kier molecular flexibility index (Phi) is 3.97. The van der Waals surface area contributed by atoms with Crippen molar-refractivity contribution in [3.63, 3.8) is 0 Å². The van der Waals surface area contributed by atoms with Crippen molar-refractivity contribution >= 4 is 0 Å². The molecule has 110 valence electrons. The maximum absolute atomic E-state index is 14.4. The van der Waals surface area contributed by atoms with Gasteiger partial charge in [0.25, 0.3) is 0 Å². The van der Waals surface area contributed by atoms with Crippen LogP contribution < -0.4 is 10.1 Å². The average Bonchev–Trinajstić information content (AvgIpc) is 3.07. The van der Waals surface area contributed by atoms with Gasteiger partial charge in [-0.05, 0) is 49.6 Å². The largest absolute Gasteiger partial charge is 0.497 e. The lowest BCUT2D eigenvalue weighted by Crippen LogP contribution is -2.32. The number of ether oxygens (including phenoxy) is 1. The summed E-state index contributed by atoms with van der Waals surface area (Å²) >= 11 is 0. The minimum atomic E-state index is -0.141. The third-order valence-corrected chi connectivity index (χ3v) is 5.19. The topological polar surface area (TPSA) is 21.3 Å². The van der Waals surface area contributed by atoms with Gasteiger partial charge in [0.1, 0.15) is 11.6 Å². The van der Waals surface area contributed by atoms with Crippen molar-refractivity contribution < 1.29 is 9.13 Å². The highest BCUT2D eigenvalue weighted by atomic mass is 19.1. The van der Waals surface area contributed by atoms with Gasteiger partial charge in [-0.2, -0.15) is 0 Å². The van der Waals surface area contributed by atoms with Crippen LogP contribution in [0.3, 0.4) is 0 Å². The Morgan fingerprint density at radius 3 is 2.75 bits per heavy atom. The number of nitrogens with one attached hydrogen (secondary N) is 1. The molecule has 3 rings (SSSR count). The third kappa shape index (κ3) is 2.44. The van der Waals surface area contributed by atoms with Crippen LogP contribution in [0.5, 0.6) is 5.75 Å². The van der Waals surface area contributed by atoms with Crippen molar-refractivity contribution in [3.05, 3.63) is 29.6 Å². The summed E-state index contributed by atoms with van der Waals surface area (Å²) < 4.78 is 19.5. The molecule has 3 heteroatoms. The van der Waals surface area contributed by atoms with Crippen molar-refractivity contribution in [1.29, 1.82) is 0 Å². The lowest BCUT2D eigenvalue weighted by molar-refractivity contribution is 0.248. The lowest BCUT2D eigenvalue weighted by atomic mass is 9.80. The fourth-order valence-corrected chi connectivity index (χ4v) is 4.30. The predicted molar refractivity (Wildman–Crippen MR) is 78.3 cm³/mol. The maximum atomic E-state index is 14.4. The van der Waals surface area contributed by atoms with Crippen LogP contribution in [0.2, 0.25) is 0 Å². The van der Waals surface area contributed by atoms with E-state index in [4.69, 9.17) is 4.74 Å². The van der Waals surface area contributed by atoms with Gasteiger partial charge in [0, 0.05) is 17.7 Å². The molecule has 2 aliphatic rings. The first-order chi connectivity index (χ1) is 9.72. The van der Waals surface area contributed by atoms with Gasteiger partial charge in [-0.3, -0.25) is 0 Å². The highest BCUT2D eigenvalue weighted by Gasteiger charge is 2.43. The van der Waals surface area contributed by atoms with Crippen molar-refractivity contribution in [1.82, 2.24) is 5.32 Å². The Morgan fingerprint density at radius 1 is 1.35 bits per heavy atom. The number of fused-ring (bicyclic) bond motifs is 2. The molecule has 0 amide bonds. The second-order valence-corrected chi connectivity index (χ2v) is 6.26. The number of rotatable bonds is 5. The molecule has 0 heterocycles. The van der Waals surface area contributed by atoms with Crippen LogP contribution in [-0.4, -0.2) is 13.7 Å². The smallest absolute Gasteiger partial charge is 0.131 e. The van der Waals surface area contributed by atoms with E-state index in [-0.39, 0.29) is 11.9 Å². The molecular formula is C17H24FNO. The summed E-state index contributed by atoms with van der Waals surface area (Å²) in [4.78, 5) is 0. The third-order valence-electron chi connectivity index (χ3n) is 5.19. The number of hydrogen-bond donors (Lipinski definition) is 1. The van der Waals surface area contributed by atoms with E-state index in [1.165, 1.54) is 31.7 Å². The second kappa shape index (κ2) is 5.72. The molecule has 0 saturated heterocycles. The van der Waals surface area contributed by atoms with E-state index in [0.29, 0.717) is 11.7 Å². The molecule has 2 fully saturated rings. The SMILES string of the molecule is CCNC(c1ccc(OC)cc1F)C1CC2CCC1C2. The van der Waals surface area contributed by atoms with E-state index in [2.05, 4.69) is 12.2 Å². The van der Waals surface area contributed by atoms with E-state index >= 15 is 0 Å². The molecule has 0 radical (unpaired) electrons. The molecule has 4 unspecified atom stereocenters. The van der Waals surface area contributed by atoms with Crippen LogP contribution in [0.4, 0.5) is 4.39 Å². The van der Waals surface area contributed by atoms with Gasteiger partial charge in [0.2, 0.25) is 0 Å². The summed E-state index contributed by atoms with van der Waals surface area (Å²) in [6.07, 6.45) is 5.32. The van der Waals surface area contributed by atoms with E-state index in [9.17, 15) is 4.39 Å². The molecule has 20 heavy (non-hydrogen) atoms. The normalized spacial score (nSPS) is 29.6. The van der Waals surface area contributed by atoms with Crippen LogP contribution in [0.25, 0.3) is 0 Å². The monoisotopic (exact) mass is 277 g/mol. The quantitative estimate of drug-likeness (QED) is 0.880. The van der Waals surface area contributed by atoms with Crippen LogP contribution in [0.1, 0.15) is 44.2 Å². The molecule has 2 aliphatic carbocycles. The highest BCUT2D eigenvalue weighted by Crippen LogP contribution is 2.52. The number of halogens is 1. The predicted octanol–water partition coefficient (Wildman–Crippen LogP) is 3.92. The summed E-state index contributed by atoms with van der Waals surface area (Å²) in [5.74, 6) is 2.71. The van der Waals surface area contributed by atoms with Crippen molar-refractivity contribution in [3.8, 4) is 5.75 Å². The Morgan fingerprint density at radius 2 is 2.20 bits per heavy atom. The number of benzene rings is 1. The van der Waals surface area contributed by atoms with Gasteiger partial charge >= 0.3 is 0 Å². The van der Waals surface area contributed by atoms with Crippen molar-refractivity contribution in [2.75, 3.05) is 13.7 Å². The highest BCUT2D eigenvalue weighted by molar-refractivity contribution is 5.31. The maximum Gasteiger partial charge on any atom is 0.131 e. The van der Waals surface area contributed by atoms with Gasteiger partial charge < -0.3 is 10.1 Å². The van der Waals surface area contributed by atoms with Crippen LogP contribution in [-0.2, 0) is 0 Å².